The van der Waals surface area contributed by atoms with E-state index >= 15 is 0 Å². The summed E-state index contributed by atoms with van der Waals surface area (Å²) in [7, 11) is 2.04. The number of nitrogens with zero attached hydrogens (tertiary/aromatic N) is 1. The molecule has 1 fully saturated rings. The first-order valence-corrected chi connectivity index (χ1v) is 6.84. The topological polar surface area (TPSA) is 37.0 Å². The standard InChI is InChI=1S/C15H25N3/c1-14(2,13-4-8-17-9-5-13)10-18-12-15(6-7-15)11-16-3/h4-5,8-9,16,18H,6-7,10-12H2,1-3H3. The molecule has 3 heteroatoms. The molecule has 0 unspecified atom stereocenters. The van der Waals surface area contributed by atoms with E-state index in [1.54, 1.807) is 0 Å². The van der Waals surface area contributed by atoms with Gasteiger partial charge in [-0.15, -0.1) is 0 Å². The second-order valence-electron chi connectivity index (χ2n) is 6.25. The Bertz CT molecular complexity index is 369. The largest absolute Gasteiger partial charge is 0.319 e. The minimum absolute atomic E-state index is 0.165. The fourth-order valence-corrected chi connectivity index (χ4v) is 2.51. The van der Waals surface area contributed by atoms with Crippen LogP contribution < -0.4 is 10.6 Å². The predicted molar refractivity (Wildman–Crippen MR) is 75.7 cm³/mol. The van der Waals surface area contributed by atoms with E-state index in [2.05, 4.69) is 41.6 Å². The van der Waals surface area contributed by atoms with Gasteiger partial charge in [-0.05, 0) is 43.0 Å². The molecule has 1 saturated carbocycles. The predicted octanol–water partition coefficient (Wildman–Crippen LogP) is 1.95. The lowest BCUT2D eigenvalue weighted by molar-refractivity contribution is 0.396. The van der Waals surface area contributed by atoms with Crippen LogP contribution in [0.1, 0.15) is 32.3 Å². The smallest absolute Gasteiger partial charge is 0.0270 e. The monoisotopic (exact) mass is 247 g/mol. The molecule has 18 heavy (non-hydrogen) atoms. The highest BCUT2D eigenvalue weighted by Gasteiger charge is 2.41. The molecule has 0 radical (unpaired) electrons. The maximum atomic E-state index is 4.08. The van der Waals surface area contributed by atoms with Crippen molar-refractivity contribution in [2.45, 2.75) is 32.1 Å². The molecular formula is C15H25N3. The molecule has 1 aliphatic rings. The highest BCUT2D eigenvalue weighted by molar-refractivity contribution is 5.21. The number of rotatable bonds is 7. The molecule has 2 rings (SSSR count). The fraction of sp³-hybridized carbons (Fsp3) is 0.667. The molecule has 0 aliphatic heterocycles. The lowest BCUT2D eigenvalue weighted by Crippen LogP contribution is -2.38. The minimum Gasteiger partial charge on any atom is -0.319 e. The number of hydrogen-bond acceptors (Lipinski definition) is 3. The Labute approximate surface area is 110 Å². The van der Waals surface area contributed by atoms with Crippen molar-refractivity contribution in [1.82, 2.24) is 15.6 Å². The van der Waals surface area contributed by atoms with Crippen LogP contribution in [-0.2, 0) is 5.41 Å². The van der Waals surface area contributed by atoms with Crippen LogP contribution in [0.2, 0.25) is 0 Å². The van der Waals surface area contributed by atoms with Crippen LogP contribution in [0.5, 0.6) is 0 Å². The highest BCUT2D eigenvalue weighted by Crippen LogP contribution is 2.44. The maximum Gasteiger partial charge on any atom is 0.0270 e. The van der Waals surface area contributed by atoms with E-state index in [9.17, 15) is 0 Å². The van der Waals surface area contributed by atoms with Gasteiger partial charge in [0.05, 0.1) is 0 Å². The zero-order valence-corrected chi connectivity index (χ0v) is 11.8. The summed E-state index contributed by atoms with van der Waals surface area (Å²) >= 11 is 0. The van der Waals surface area contributed by atoms with Gasteiger partial charge in [0, 0.05) is 37.4 Å². The van der Waals surface area contributed by atoms with Crippen molar-refractivity contribution in [3.8, 4) is 0 Å². The normalized spacial score (nSPS) is 17.7. The van der Waals surface area contributed by atoms with Crippen molar-refractivity contribution in [2.75, 3.05) is 26.7 Å². The molecule has 1 aromatic rings. The summed E-state index contributed by atoms with van der Waals surface area (Å²) in [4.78, 5) is 4.08. The summed E-state index contributed by atoms with van der Waals surface area (Å²) in [5, 5.41) is 6.95. The molecule has 0 spiro atoms. The Morgan fingerprint density at radius 1 is 1.22 bits per heavy atom. The van der Waals surface area contributed by atoms with Gasteiger partial charge in [0.15, 0.2) is 0 Å². The number of hydrogen-bond donors (Lipinski definition) is 2. The summed E-state index contributed by atoms with van der Waals surface area (Å²) in [6.07, 6.45) is 6.47. The second kappa shape index (κ2) is 5.37. The maximum absolute atomic E-state index is 4.08. The minimum atomic E-state index is 0.165. The van der Waals surface area contributed by atoms with Crippen LogP contribution in [0.4, 0.5) is 0 Å². The molecule has 0 amide bonds. The van der Waals surface area contributed by atoms with E-state index in [4.69, 9.17) is 0 Å². The van der Waals surface area contributed by atoms with Gasteiger partial charge < -0.3 is 10.6 Å². The Hall–Kier alpha value is -0.930. The van der Waals surface area contributed by atoms with Gasteiger partial charge in [-0.3, -0.25) is 4.98 Å². The van der Waals surface area contributed by atoms with Crippen LogP contribution in [0.3, 0.4) is 0 Å². The van der Waals surface area contributed by atoms with E-state index in [0.29, 0.717) is 5.41 Å². The summed E-state index contributed by atoms with van der Waals surface area (Å²) in [5.41, 5.74) is 2.05. The van der Waals surface area contributed by atoms with Gasteiger partial charge in [0.25, 0.3) is 0 Å². The molecule has 1 aromatic heterocycles. The number of pyridine rings is 1. The van der Waals surface area contributed by atoms with Crippen molar-refractivity contribution in [3.05, 3.63) is 30.1 Å². The Kier molecular flexibility index (Phi) is 4.03. The molecule has 1 heterocycles. The molecule has 0 bridgehead atoms. The summed E-state index contributed by atoms with van der Waals surface area (Å²) < 4.78 is 0. The van der Waals surface area contributed by atoms with Crippen LogP contribution in [0.25, 0.3) is 0 Å². The number of aromatic nitrogens is 1. The van der Waals surface area contributed by atoms with E-state index in [1.807, 2.05) is 19.4 Å². The molecule has 100 valence electrons. The van der Waals surface area contributed by atoms with E-state index in [-0.39, 0.29) is 5.41 Å². The zero-order chi connectivity index (χ0) is 13.1. The van der Waals surface area contributed by atoms with Gasteiger partial charge in [-0.1, -0.05) is 13.8 Å². The second-order valence-corrected chi connectivity index (χ2v) is 6.25. The SMILES string of the molecule is CNCC1(CNCC(C)(C)c2ccncc2)CC1. The van der Waals surface area contributed by atoms with E-state index in [0.717, 1.165) is 19.6 Å². The Morgan fingerprint density at radius 3 is 2.44 bits per heavy atom. The van der Waals surface area contributed by atoms with E-state index in [1.165, 1.54) is 18.4 Å². The van der Waals surface area contributed by atoms with Gasteiger partial charge in [0.2, 0.25) is 0 Å². The average Bonchev–Trinajstić information content (AvgIpc) is 3.11. The van der Waals surface area contributed by atoms with Crippen molar-refractivity contribution >= 4 is 0 Å². The van der Waals surface area contributed by atoms with E-state index < -0.39 is 0 Å². The average molecular weight is 247 g/mol. The molecule has 1 aliphatic carbocycles. The molecule has 0 atom stereocenters. The first kappa shape index (κ1) is 13.5. The first-order chi connectivity index (χ1) is 8.58. The molecule has 0 aromatic carbocycles. The van der Waals surface area contributed by atoms with Crippen molar-refractivity contribution in [2.24, 2.45) is 5.41 Å². The molecule has 0 saturated heterocycles. The molecule has 2 N–H and O–H groups in total. The summed E-state index contributed by atoms with van der Waals surface area (Å²) in [6, 6.07) is 4.23. The lowest BCUT2D eigenvalue weighted by atomic mass is 9.85. The quantitative estimate of drug-likeness (QED) is 0.773. The van der Waals surface area contributed by atoms with Crippen LogP contribution in [-0.4, -0.2) is 31.7 Å². The van der Waals surface area contributed by atoms with Crippen molar-refractivity contribution in [3.63, 3.8) is 0 Å². The van der Waals surface area contributed by atoms with Crippen molar-refractivity contribution in [1.29, 1.82) is 0 Å². The fourth-order valence-electron chi connectivity index (χ4n) is 2.51. The third kappa shape index (κ3) is 3.30. The summed E-state index contributed by atoms with van der Waals surface area (Å²) in [5.74, 6) is 0. The molecular weight excluding hydrogens is 222 g/mol. The van der Waals surface area contributed by atoms with Crippen LogP contribution in [0, 0.1) is 5.41 Å². The van der Waals surface area contributed by atoms with Gasteiger partial charge in [0.1, 0.15) is 0 Å². The number of nitrogens with one attached hydrogen (secondary N) is 2. The zero-order valence-electron chi connectivity index (χ0n) is 11.8. The third-order valence-electron chi connectivity index (χ3n) is 4.04. The van der Waals surface area contributed by atoms with Crippen molar-refractivity contribution < 1.29 is 0 Å². The van der Waals surface area contributed by atoms with Crippen LogP contribution >= 0.6 is 0 Å². The van der Waals surface area contributed by atoms with Gasteiger partial charge in [-0.25, -0.2) is 0 Å². The van der Waals surface area contributed by atoms with Gasteiger partial charge >= 0.3 is 0 Å². The van der Waals surface area contributed by atoms with Gasteiger partial charge in [-0.2, -0.15) is 0 Å². The third-order valence-corrected chi connectivity index (χ3v) is 4.04. The lowest BCUT2D eigenvalue weighted by Gasteiger charge is -2.27. The highest BCUT2D eigenvalue weighted by atomic mass is 14.9. The first-order valence-electron chi connectivity index (χ1n) is 6.84. The Morgan fingerprint density at radius 2 is 1.89 bits per heavy atom. The van der Waals surface area contributed by atoms with Crippen LogP contribution in [0.15, 0.2) is 24.5 Å². The molecule has 3 nitrogen and oxygen atoms in total. The summed E-state index contributed by atoms with van der Waals surface area (Å²) in [6.45, 7) is 7.85. The Balaban J connectivity index is 1.83.